The van der Waals surface area contributed by atoms with E-state index in [1.54, 1.807) is 0 Å². The van der Waals surface area contributed by atoms with Gasteiger partial charge in [-0.05, 0) is 104 Å². The zero-order valence-corrected chi connectivity index (χ0v) is 34.8. The summed E-state index contributed by atoms with van der Waals surface area (Å²) < 4.78 is 2.56. The molecule has 292 valence electrons. The van der Waals surface area contributed by atoms with Gasteiger partial charge in [-0.2, -0.15) is 0 Å². The monoisotopic (exact) mass is 807 g/mol. The molecule has 0 saturated heterocycles. The predicted molar refractivity (Wildman–Crippen MR) is 267 cm³/mol. The number of fused-ring (bicyclic) bond motifs is 3. The minimum Gasteiger partial charge on any atom is -0.310 e. The Morgan fingerprint density at radius 3 is 1.21 bits per heavy atom. The molecule has 1 nitrogen and oxygen atoms in total. The summed E-state index contributed by atoms with van der Waals surface area (Å²) >= 11 is 1.86. The molecule has 0 saturated carbocycles. The molecule has 62 heavy (non-hydrogen) atoms. The molecular weight excluding hydrogens is 767 g/mol. The maximum Gasteiger partial charge on any atom is 0.0546 e. The van der Waals surface area contributed by atoms with Gasteiger partial charge in [0.2, 0.25) is 0 Å². The van der Waals surface area contributed by atoms with Gasteiger partial charge in [0.1, 0.15) is 0 Å². The van der Waals surface area contributed by atoms with Crippen molar-refractivity contribution in [1.29, 1.82) is 0 Å². The summed E-state index contributed by atoms with van der Waals surface area (Å²) in [5, 5.41) is 2.58. The molecule has 0 aliphatic rings. The van der Waals surface area contributed by atoms with Crippen molar-refractivity contribution in [3.8, 4) is 66.8 Å². The number of hydrogen-bond acceptors (Lipinski definition) is 2. The first kappa shape index (κ1) is 37.2. The van der Waals surface area contributed by atoms with Gasteiger partial charge in [-0.3, -0.25) is 0 Å². The fourth-order valence-electron chi connectivity index (χ4n) is 8.96. The maximum absolute atomic E-state index is 2.47. The Morgan fingerprint density at radius 2 is 0.645 bits per heavy atom. The Hall–Kier alpha value is -7.78. The van der Waals surface area contributed by atoms with E-state index < -0.39 is 0 Å². The summed E-state index contributed by atoms with van der Waals surface area (Å²) in [7, 11) is 0. The number of nitrogens with zero attached hydrogens (tertiary/aromatic N) is 1. The van der Waals surface area contributed by atoms with Crippen LogP contribution in [0.5, 0.6) is 0 Å². The van der Waals surface area contributed by atoms with Gasteiger partial charge in [-0.1, -0.05) is 206 Å². The molecular formula is C60H41NS. The van der Waals surface area contributed by atoms with Crippen LogP contribution >= 0.6 is 11.3 Å². The van der Waals surface area contributed by atoms with E-state index in [-0.39, 0.29) is 0 Å². The van der Waals surface area contributed by atoms with Crippen molar-refractivity contribution < 1.29 is 0 Å². The molecule has 0 amide bonds. The molecule has 0 spiro atoms. The van der Waals surface area contributed by atoms with Crippen LogP contribution in [0.3, 0.4) is 0 Å². The number of anilines is 3. The van der Waals surface area contributed by atoms with Gasteiger partial charge in [-0.15, -0.1) is 11.3 Å². The molecule has 0 aliphatic carbocycles. The molecule has 1 aromatic heterocycles. The van der Waals surface area contributed by atoms with Gasteiger partial charge >= 0.3 is 0 Å². The highest BCUT2D eigenvalue weighted by molar-refractivity contribution is 7.25. The van der Waals surface area contributed by atoms with E-state index in [4.69, 9.17) is 0 Å². The predicted octanol–water partition coefficient (Wildman–Crippen LogP) is 17.5. The lowest BCUT2D eigenvalue weighted by Gasteiger charge is -2.30. The topological polar surface area (TPSA) is 3.24 Å². The minimum absolute atomic E-state index is 1.08. The summed E-state index contributed by atoms with van der Waals surface area (Å²) in [5.41, 5.74) is 17.6. The van der Waals surface area contributed by atoms with Gasteiger partial charge in [0.25, 0.3) is 0 Å². The highest BCUT2D eigenvalue weighted by Gasteiger charge is 2.23. The summed E-state index contributed by atoms with van der Waals surface area (Å²) in [6.07, 6.45) is 0. The van der Waals surface area contributed by atoms with E-state index in [1.165, 1.54) is 75.8 Å². The van der Waals surface area contributed by atoms with Gasteiger partial charge < -0.3 is 4.90 Å². The standard InChI is InChI=1S/C60H41NS/c1-5-19-42(20-6-1)49-27-13-15-29-51(49)52-30-16-14-28-50(52)46-33-35-47(36-34-46)61(48-37-38-54-53-31-17-18-32-59(53)62-60(54)39-48)58-41-56(44-23-9-3-10-24-44)55(43-21-7-2-8-22-43)40-57(58)45-25-11-4-12-26-45/h1-41H. The third-order valence-electron chi connectivity index (χ3n) is 11.9. The summed E-state index contributed by atoms with van der Waals surface area (Å²) in [4.78, 5) is 2.47. The second-order valence-corrected chi connectivity index (χ2v) is 16.7. The third-order valence-corrected chi connectivity index (χ3v) is 13.1. The molecule has 2 heteroatoms. The van der Waals surface area contributed by atoms with Crippen LogP contribution in [0.15, 0.2) is 249 Å². The average molecular weight is 808 g/mol. The largest absolute Gasteiger partial charge is 0.310 e. The van der Waals surface area contributed by atoms with Crippen molar-refractivity contribution in [2.24, 2.45) is 0 Å². The number of rotatable bonds is 9. The number of thiophene rings is 1. The quantitative estimate of drug-likeness (QED) is 0.140. The van der Waals surface area contributed by atoms with Crippen LogP contribution in [0.2, 0.25) is 0 Å². The number of hydrogen-bond donors (Lipinski definition) is 0. The zero-order valence-electron chi connectivity index (χ0n) is 34.0. The fourth-order valence-corrected chi connectivity index (χ4v) is 10.1. The molecule has 0 fully saturated rings. The molecule has 0 radical (unpaired) electrons. The highest BCUT2D eigenvalue weighted by atomic mass is 32.1. The first-order chi connectivity index (χ1) is 30.8. The molecule has 10 aromatic carbocycles. The summed E-state index contributed by atoms with van der Waals surface area (Å²) in [6.45, 7) is 0. The maximum atomic E-state index is 2.47. The van der Waals surface area contributed by atoms with Crippen LogP contribution in [0.4, 0.5) is 17.1 Å². The van der Waals surface area contributed by atoms with Crippen molar-refractivity contribution in [3.63, 3.8) is 0 Å². The van der Waals surface area contributed by atoms with Crippen molar-refractivity contribution in [2.75, 3.05) is 4.90 Å². The number of benzene rings is 10. The van der Waals surface area contributed by atoms with Gasteiger partial charge in [0.05, 0.1) is 5.69 Å². The average Bonchev–Trinajstić information content (AvgIpc) is 3.73. The lowest BCUT2D eigenvalue weighted by Crippen LogP contribution is -2.12. The smallest absolute Gasteiger partial charge is 0.0546 e. The Kier molecular flexibility index (Phi) is 9.82. The first-order valence-corrected chi connectivity index (χ1v) is 22.0. The van der Waals surface area contributed by atoms with Crippen LogP contribution < -0.4 is 4.90 Å². The molecule has 11 rings (SSSR count). The van der Waals surface area contributed by atoms with Crippen LogP contribution in [-0.4, -0.2) is 0 Å². The van der Waals surface area contributed by atoms with E-state index in [0.29, 0.717) is 0 Å². The molecule has 0 unspecified atom stereocenters. The molecule has 0 atom stereocenters. The molecule has 0 bridgehead atoms. The highest BCUT2D eigenvalue weighted by Crippen LogP contribution is 2.48. The van der Waals surface area contributed by atoms with Crippen molar-refractivity contribution in [1.82, 2.24) is 0 Å². The minimum atomic E-state index is 1.08. The molecule has 11 aromatic rings. The van der Waals surface area contributed by atoms with Gasteiger partial charge in [0, 0.05) is 37.1 Å². The summed E-state index contributed by atoms with van der Waals surface area (Å²) in [5.74, 6) is 0. The fraction of sp³-hybridized carbons (Fsp3) is 0. The molecule has 1 heterocycles. The van der Waals surface area contributed by atoms with E-state index in [1.807, 2.05) is 11.3 Å². The van der Waals surface area contributed by atoms with E-state index in [2.05, 4.69) is 254 Å². The van der Waals surface area contributed by atoms with Crippen molar-refractivity contribution in [2.45, 2.75) is 0 Å². The Labute approximate surface area is 367 Å². The van der Waals surface area contributed by atoms with Crippen LogP contribution in [-0.2, 0) is 0 Å². The Morgan fingerprint density at radius 1 is 0.242 bits per heavy atom. The van der Waals surface area contributed by atoms with Gasteiger partial charge in [0.15, 0.2) is 0 Å². The molecule has 0 N–H and O–H groups in total. The molecule has 0 aliphatic heterocycles. The Bertz CT molecular complexity index is 3320. The second-order valence-electron chi connectivity index (χ2n) is 15.6. The lowest BCUT2D eigenvalue weighted by molar-refractivity contribution is 1.29. The normalized spacial score (nSPS) is 11.2. The van der Waals surface area contributed by atoms with Crippen LogP contribution in [0, 0.1) is 0 Å². The van der Waals surface area contributed by atoms with E-state index >= 15 is 0 Å². The van der Waals surface area contributed by atoms with E-state index in [0.717, 1.165) is 28.2 Å². The SMILES string of the molecule is c1ccc(-c2cc(-c3ccccc3)c(N(c3ccc(-c4ccccc4-c4ccccc4-c4ccccc4)cc3)c3ccc4c(c3)sc3ccccc34)cc2-c2ccccc2)cc1. The second kappa shape index (κ2) is 16.3. The first-order valence-electron chi connectivity index (χ1n) is 21.2. The summed E-state index contributed by atoms with van der Waals surface area (Å²) in [6, 6.07) is 90.4. The van der Waals surface area contributed by atoms with Gasteiger partial charge in [-0.25, -0.2) is 0 Å². The zero-order chi connectivity index (χ0) is 41.2. The Balaban J connectivity index is 1.13. The third kappa shape index (κ3) is 6.97. The van der Waals surface area contributed by atoms with Crippen LogP contribution in [0.25, 0.3) is 86.9 Å². The lowest BCUT2D eigenvalue weighted by atomic mass is 9.88. The van der Waals surface area contributed by atoms with E-state index in [9.17, 15) is 0 Å². The van der Waals surface area contributed by atoms with Crippen molar-refractivity contribution in [3.05, 3.63) is 249 Å². The van der Waals surface area contributed by atoms with Crippen LogP contribution in [0.1, 0.15) is 0 Å². The van der Waals surface area contributed by atoms with Crippen molar-refractivity contribution >= 4 is 48.6 Å².